The van der Waals surface area contributed by atoms with Crippen LogP contribution in [-0.4, -0.2) is 10.1 Å². The van der Waals surface area contributed by atoms with Crippen molar-refractivity contribution in [2.24, 2.45) is 0 Å². The molecule has 0 fully saturated rings. The van der Waals surface area contributed by atoms with Gasteiger partial charge in [0.15, 0.2) is 0 Å². The summed E-state index contributed by atoms with van der Waals surface area (Å²) < 4.78 is 0. The summed E-state index contributed by atoms with van der Waals surface area (Å²) >= 11 is 1.59. The van der Waals surface area contributed by atoms with Gasteiger partial charge in [-0.05, 0) is 13.3 Å². The number of hydrogen-bond donors (Lipinski definition) is 1. The smallest absolute Gasteiger partial charge is 0.0968 e. The quantitative estimate of drug-likeness (QED) is 0.757. The maximum atomic E-state index is 9.48. The summed E-state index contributed by atoms with van der Waals surface area (Å²) in [6, 6.07) is 0. The summed E-state index contributed by atoms with van der Waals surface area (Å²) in [6.07, 6.45) is 1.45. The van der Waals surface area contributed by atoms with Crippen LogP contribution in [0.25, 0.3) is 0 Å². The van der Waals surface area contributed by atoms with Crippen LogP contribution in [0.1, 0.15) is 36.6 Å². The Balaban J connectivity index is 2.60. The van der Waals surface area contributed by atoms with E-state index in [4.69, 9.17) is 0 Å². The first-order chi connectivity index (χ1) is 5.24. The number of aliphatic hydroxyl groups is 1. The van der Waals surface area contributed by atoms with Gasteiger partial charge in [-0.15, -0.1) is 11.3 Å². The number of nitrogens with zero attached hydrogens (tertiary/aromatic N) is 1. The van der Waals surface area contributed by atoms with Gasteiger partial charge in [0.2, 0.25) is 0 Å². The van der Waals surface area contributed by atoms with Crippen LogP contribution in [0.2, 0.25) is 0 Å². The zero-order valence-electron chi connectivity index (χ0n) is 6.87. The van der Waals surface area contributed by atoms with Crippen molar-refractivity contribution >= 4 is 11.3 Å². The van der Waals surface area contributed by atoms with E-state index < -0.39 is 0 Å². The fourth-order valence-electron chi connectivity index (χ4n) is 0.955. The van der Waals surface area contributed by atoms with E-state index in [2.05, 4.69) is 11.9 Å². The van der Waals surface area contributed by atoms with Gasteiger partial charge in [-0.2, -0.15) is 0 Å². The van der Waals surface area contributed by atoms with Crippen LogP contribution in [0.3, 0.4) is 0 Å². The van der Waals surface area contributed by atoms with Crippen molar-refractivity contribution < 1.29 is 5.11 Å². The van der Waals surface area contributed by atoms with Crippen molar-refractivity contribution in [3.63, 3.8) is 0 Å². The van der Waals surface area contributed by atoms with Gasteiger partial charge in [0.25, 0.3) is 0 Å². The van der Waals surface area contributed by atoms with Crippen LogP contribution in [0, 0.1) is 6.92 Å². The number of aliphatic hydroxyl groups excluding tert-OH is 1. The number of rotatable bonds is 3. The normalized spacial score (nSPS) is 13.4. The van der Waals surface area contributed by atoms with E-state index in [9.17, 15) is 5.11 Å². The van der Waals surface area contributed by atoms with E-state index in [1.165, 1.54) is 0 Å². The largest absolute Gasteiger partial charge is 0.387 e. The first-order valence-corrected chi connectivity index (χ1v) is 4.72. The molecule has 1 rings (SSSR count). The molecule has 0 saturated carbocycles. The monoisotopic (exact) mass is 171 g/mol. The Hall–Kier alpha value is -0.410. The summed E-state index contributed by atoms with van der Waals surface area (Å²) in [5.74, 6) is 0. The molecule has 1 aromatic rings. The highest BCUT2D eigenvalue weighted by atomic mass is 32.1. The van der Waals surface area contributed by atoms with Gasteiger partial charge in [0.1, 0.15) is 0 Å². The highest BCUT2D eigenvalue weighted by Crippen LogP contribution is 2.19. The topological polar surface area (TPSA) is 33.1 Å². The molecule has 0 aliphatic rings. The second kappa shape index (κ2) is 3.83. The summed E-state index contributed by atoms with van der Waals surface area (Å²) in [7, 11) is 0. The van der Waals surface area contributed by atoms with Gasteiger partial charge in [-0.1, -0.05) is 13.3 Å². The van der Waals surface area contributed by atoms with E-state index >= 15 is 0 Å². The average molecular weight is 171 g/mol. The third kappa shape index (κ3) is 2.27. The number of thiazole rings is 1. The van der Waals surface area contributed by atoms with E-state index in [1.807, 2.05) is 12.3 Å². The van der Waals surface area contributed by atoms with E-state index in [-0.39, 0.29) is 6.10 Å². The highest BCUT2D eigenvalue weighted by Gasteiger charge is 2.08. The van der Waals surface area contributed by atoms with Gasteiger partial charge in [0, 0.05) is 5.38 Å². The molecule has 0 amide bonds. The van der Waals surface area contributed by atoms with Crippen molar-refractivity contribution in [1.29, 1.82) is 0 Å². The molecule has 0 aromatic carbocycles. The fourth-order valence-corrected chi connectivity index (χ4v) is 1.61. The molecular formula is C8H13NOS. The Kier molecular flexibility index (Phi) is 3.02. The second-order valence-corrected chi connectivity index (χ2v) is 3.66. The SMILES string of the molecule is CCCC(O)c1csc(C)n1. The molecule has 0 bridgehead atoms. The van der Waals surface area contributed by atoms with Gasteiger partial charge in [-0.3, -0.25) is 0 Å². The lowest BCUT2D eigenvalue weighted by molar-refractivity contribution is 0.162. The highest BCUT2D eigenvalue weighted by molar-refractivity contribution is 7.09. The standard InChI is InChI=1S/C8H13NOS/c1-3-4-8(10)7-5-11-6(2)9-7/h5,8,10H,3-4H2,1-2H3. The Labute approximate surface area is 70.9 Å². The molecule has 1 heterocycles. The van der Waals surface area contributed by atoms with Crippen molar-refractivity contribution in [2.75, 3.05) is 0 Å². The van der Waals surface area contributed by atoms with E-state index in [1.54, 1.807) is 11.3 Å². The summed E-state index contributed by atoms with van der Waals surface area (Å²) in [4.78, 5) is 4.20. The average Bonchev–Trinajstić information content (AvgIpc) is 2.36. The number of aromatic nitrogens is 1. The van der Waals surface area contributed by atoms with Crippen LogP contribution in [0.5, 0.6) is 0 Å². The van der Waals surface area contributed by atoms with Gasteiger partial charge in [-0.25, -0.2) is 4.98 Å². The number of aryl methyl sites for hydroxylation is 1. The molecule has 0 radical (unpaired) electrons. The van der Waals surface area contributed by atoms with Crippen LogP contribution in [-0.2, 0) is 0 Å². The molecule has 0 spiro atoms. The van der Waals surface area contributed by atoms with Crippen LogP contribution in [0.4, 0.5) is 0 Å². The molecule has 2 nitrogen and oxygen atoms in total. The zero-order valence-corrected chi connectivity index (χ0v) is 7.69. The molecular weight excluding hydrogens is 158 g/mol. The minimum absolute atomic E-state index is 0.357. The molecule has 1 N–H and O–H groups in total. The molecule has 0 aliphatic heterocycles. The summed E-state index contributed by atoms with van der Waals surface area (Å²) in [5.41, 5.74) is 0.828. The third-order valence-electron chi connectivity index (χ3n) is 1.54. The molecule has 1 aromatic heterocycles. The predicted octanol–water partition coefficient (Wildman–Crippen LogP) is 2.29. The second-order valence-electron chi connectivity index (χ2n) is 2.60. The lowest BCUT2D eigenvalue weighted by Gasteiger charge is -2.03. The Morgan fingerprint density at radius 1 is 1.73 bits per heavy atom. The molecule has 1 atom stereocenters. The Morgan fingerprint density at radius 2 is 2.45 bits per heavy atom. The molecule has 0 aliphatic carbocycles. The first kappa shape index (κ1) is 8.68. The minimum Gasteiger partial charge on any atom is -0.387 e. The lowest BCUT2D eigenvalue weighted by Crippen LogP contribution is -1.96. The summed E-state index contributed by atoms with van der Waals surface area (Å²) in [5, 5.41) is 12.4. The molecule has 3 heteroatoms. The Morgan fingerprint density at radius 3 is 2.91 bits per heavy atom. The Bertz CT molecular complexity index is 222. The fraction of sp³-hybridized carbons (Fsp3) is 0.625. The van der Waals surface area contributed by atoms with E-state index in [0.29, 0.717) is 0 Å². The van der Waals surface area contributed by atoms with E-state index in [0.717, 1.165) is 23.5 Å². The van der Waals surface area contributed by atoms with Crippen LogP contribution >= 0.6 is 11.3 Å². The van der Waals surface area contributed by atoms with Gasteiger partial charge < -0.3 is 5.11 Å². The van der Waals surface area contributed by atoms with Crippen molar-refractivity contribution in [1.82, 2.24) is 4.98 Å². The molecule has 1 unspecified atom stereocenters. The van der Waals surface area contributed by atoms with Gasteiger partial charge in [0.05, 0.1) is 16.8 Å². The van der Waals surface area contributed by atoms with Crippen LogP contribution in [0.15, 0.2) is 5.38 Å². The molecule has 0 saturated heterocycles. The maximum Gasteiger partial charge on any atom is 0.0968 e. The van der Waals surface area contributed by atoms with Crippen LogP contribution < -0.4 is 0 Å². The predicted molar refractivity (Wildman–Crippen MR) is 46.7 cm³/mol. The van der Waals surface area contributed by atoms with Crippen molar-refractivity contribution in [3.8, 4) is 0 Å². The molecule has 11 heavy (non-hydrogen) atoms. The molecule has 62 valence electrons. The first-order valence-electron chi connectivity index (χ1n) is 3.84. The lowest BCUT2D eigenvalue weighted by atomic mass is 10.2. The van der Waals surface area contributed by atoms with Crippen molar-refractivity contribution in [3.05, 3.63) is 16.1 Å². The summed E-state index contributed by atoms with van der Waals surface area (Å²) in [6.45, 7) is 4.01. The number of hydrogen-bond acceptors (Lipinski definition) is 3. The zero-order chi connectivity index (χ0) is 8.27. The van der Waals surface area contributed by atoms with Crippen molar-refractivity contribution in [2.45, 2.75) is 32.8 Å². The maximum absolute atomic E-state index is 9.48. The minimum atomic E-state index is -0.357. The van der Waals surface area contributed by atoms with Gasteiger partial charge >= 0.3 is 0 Å². The third-order valence-corrected chi connectivity index (χ3v) is 2.33.